The Bertz CT molecular complexity index is 473. The lowest BCUT2D eigenvalue weighted by Crippen LogP contribution is -2.63. The van der Waals surface area contributed by atoms with Gasteiger partial charge in [-0.15, -0.1) is 0 Å². The molecule has 0 aromatic heterocycles. The van der Waals surface area contributed by atoms with Gasteiger partial charge in [-0.25, -0.2) is 4.79 Å². The molecule has 0 amide bonds. The Morgan fingerprint density at radius 2 is 1.82 bits per heavy atom. The molecule has 2 rings (SSSR count). The molecule has 0 aromatic rings. The number of carbonyl (C=O) groups excluding carboxylic acids is 1. The fraction of sp³-hybridized carbons (Fsp3) is 0.833. The highest BCUT2D eigenvalue weighted by Crippen LogP contribution is 2.53. The summed E-state index contributed by atoms with van der Waals surface area (Å²) in [7, 11) is -1.97. The highest BCUT2D eigenvalue weighted by atomic mass is 28.4. The first-order valence-corrected chi connectivity index (χ1v) is 11.4. The molecular weight excluding hydrogens is 292 g/mol. The number of cyclic esters (lactones) is 1. The van der Waals surface area contributed by atoms with Crippen molar-refractivity contribution in [1.29, 1.82) is 0 Å². The summed E-state index contributed by atoms with van der Waals surface area (Å²) in [5.74, 6) is -0.232. The molecule has 126 valence electrons. The molecule has 0 bridgehead atoms. The Hall–Kier alpha value is -0.613. The van der Waals surface area contributed by atoms with Crippen molar-refractivity contribution in [2.45, 2.75) is 90.1 Å². The number of esters is 1. The standard InChI is InChI=1S/C18H32O3Si/c1-16(2,3)22(6,7)21-18(14-10-11-15(19)20-14)13-9-8-12-17(18,4)5/h10-11,14H,8-9,12-13H2,1-7H3/t14-,18+/m1/s1. The maximum Gasteiger partial charge on any atom is 0.331 e. The first kappa shape index (κ1) is 17.7. The van der Waals surface area contributed by atoms with E-state index in [-0.39, 0.29) is 22.5 Å². The SMILES string of the molecule is CC1(C)CCCC[C@]1(O[Si](C)(C)C(C)(C)C)[C@H]1C=CC(=O)O1. The summed E-state index contributed by atoms with van der Waals surface area (Å²) < 4.78 is 12.6. The Labute approximate surface area is 136 Å². The van der Waals surface area contributed by atoms with E-state index in [1.54, 1.807) is 6.08 Å². The van der Waals surface area contributed by atoms with Crippen molar-refractivity contribution in [1.82, 2.24) is 0 Å². The van der Waals surface area contributed by atoms with E-state index in [0.717, 1.165) is 19.3 Å². The molecular formula is C18H32O3Si. The van der Waals surface area contributed by atoms with Gasteiger partial charge in [-0.3, -0.25) is 0 Å². The third-order valence-electron chi connectivity index (χ3n) is 6.10. The predicted molar refractivity (Wildman–Crippen MR) is 92.3 cm³/mol. The first-order valence-electron chi connectivity index (χ1n) is 8.50. The first-order chi connectivity index (χ1) is 9.91. The summed E-state index contributed by atoms with van der Waals surface area (Å²) in [6, 6.07) is 0. The normalized spacial score (nSPS) is 32.1. The van der Waals surface area contributed by atoms with Crippen LogP contribution in [0.25, 0.3) is 0 Å². The van der Waals surface area contributed by atoms with E-state index in [2.05, 4.69) is 47.7 Å². The van der Waals surface area contributed by atoms with Crippen LogP contribution in [0.4, 0.5) is 0 Å². The van der Waals surface area contributed by atoms with Crippen LogP contribution in [-0.2, 0) is 14.0 Å². The van der Waals surface area contributed by atoms with Crippen molar-refractivity contribution in [3.63, 3.8) is 0 Å². The fourth-order valence-corrected chi connectivity index (χ4v) is 5.22. The van der Waals surface area contributed by atoms with Gasteiger partial charge in [0.25, 0.3) is 0 Å². The third kappa shape index (κ3) is 2.92. The van der Waals surface area contributed by atoms with Crippen molar-refractivity contribution in [2.75, 3.05) is 0 Å². The van der Waals surface area contributed by atoms with E-state index < -0.39 is 13.9 Å². The number of ether oxygens (including phenoxy) is 1. The van der Waals surface area contributed by atoms with Crippen molar-refractivity contribution >= 4 is 14.3 Å². The molecule has 2 atom stereocenters. The van der Waals surface area contributed by atoms with Gasteiger partial charge in [-0.2, -0.15) is 0 Å². The summed E-state index contributed by atoms with van der Waals surface area (Å²) in [5.41, 5.74) is -0.392. The highest BCUT2D eigenvalue weighted by molar-refractivity contribution is 6.74. The van der Waals surface area contributed by atoms with E-state index in [4.69, 9.17) is 9.16 Å². The largest absolute Gasteiger partial charge is 0.452 e. The average molecular weight is 325 g/mol. The van der Waals surface area contributed by atoms with Crippen LogP contribution in [0.15, 0.2) is 12.2 Å². The van der Waals surface area contributed by atoms with Crippen LogP contribution in [0.5, 0.6) is 0 Å². The van der Waals surface area contributed by atoms with Crippen molar-refractivity contribution < 1.29 is 14.0 Å². The molecule has 1 aliphatic heterocycles. The molecule has 0 radical (unpaired) electrons. The molecule has 1 heterocycles. The van der Waals surface area contributed by atoms with Crippen LogP contribution in [0, 0.1) is 5.41 Å². The molecule has 0 aromatic carbocycles. The van der Waals surface area contributed by atoms with Crippen LogP contribution in [-0.4, -0.2) is 26.0 Å². The Kier molecular flexibility index (Phi) is 4.42. The smallest absolute Gasteiger partial charge is 0.331 e. The van der Waals surface area contributed by atoms with E-state index in [0.29, 0.717) is 0 Å². The van der Waals surface area contributed by atoms with Crippen LogP contribution >= 0.6 is 0 Å². The van der Waals surface area contributed by atoms with Crippen molar-refractivity contribution in [3.8, 4) is 0 Å². The van der Waals surface area contributed by atoms with E-state index in [9.17, 15) is 4.79 Å². The zero-order valence-electron chi connectivity index (χ0n) is 15.3. The zero-order valence-corrected chi connectivity index (χ0v) is 16.3. The van der Waals surface area contributed by atoms with E-state index >= 15 is 0 Å². The molecule has 0 spiro atoms. The van der Waals surface area contributed by atoms with Gasteiger partial charge in [0.1, 0.15) is 11.7 Å². The molecule has 4 heteroatoms. The van der Waals surface area contributed by atoms with E-state index in [1.165, 1.54) is 6.42 Å². The summed E-state index contributed by atoms with van der Waals surface area (Å²) in [5, 5.41) is 0.139. The molecule has 0 N–H and O–H groups in total. The van der Waals surface area contributed by atoms with Crippen LogP contribution in [0.3, 0.4) is 0 Å². The minimum absolute atomic E-state index is 0.000394. The second-order valence-electron chi connectivity index (χ2n) is 9.06. The number of rotatable bonds is 3. The summed E-state index contributed by atoms with van der Waals surface area (Å²) in [6.07, 6.45) is 7.68. The van der Waals surface area contributed by atoms with Gasteiger partial charge in [0, 0.05) is 6.08 Å². The van der Waals surface area contributed by atoms with Gasteiger partial charge in [0.15, 0.2) is 8.32 Å². The molecule has 22 heavy (non-hydrogen) atoms. The highest BCUT2D eigenvalue weighted by Gasteiger charge is 2.58. The summed E-state index contributed by atoms with van der Waals surface area (Å²) >= 11 is 0. The van der Waals surface area contributed by atoms with Crippen LogP contribution in [0.2, 0.25) is 18.1 Å². The molecule has 1 aliphatic carbocycles. The minimum Gasteiger partial charge on any atom is -0.452 e. The summed E-state index contributed by atoms with van der Waals surface area (Å²) in [4.78, 5) is 11.7. The van der Waals surface area contributed by atoms with Gasteiger partial charge < -0.3 is 9.16 Å². The second-order valence-corrected chi connectivity index (χ2v) is 13.8. The maximum atomic E-state index is 11.7. The topological polar surface area (TPSA) is 35.5 Å². The Balaban J connectivity index is 2.42. The summed E-state index contributed by atoms with van der Waals surface area (Å²) in [6.45, 7) is 15.9. The van der Waals surface area contributed by atoms with E-state index in [1.807, 2.05) is 6.08 Å². The van der Waals surface area contributed by atoms with Gasteiger partial charge in [0.05, 0.1) is 0 Å². The average Bonchev–Trinajstić information content (AvgIpc) is 2.77. The Morgan fingerprint density at radius 1 is 1.23 bits per heavy atom. The number of hydrogen-bond donors (Lipinski definition) is 0. The number of carbonyl (C=O) groups is 1. The van der Waals surface area contributed by atoms with Crippen molar-refractivity contribution in [3.05, 3.63) is 12.2 Å². The fourth-order valence-electron chi connectivity index (χ4n) is 3.51. The van der Waals surface area contributed by atoms with Crippen molar-refractivity contribution in [2.24, 2.45) is 5.41 Å². The van der Waals surface area contributed by atoms with Gasteiger partial charge >= 0.3 is 5.97 Å². The molecule has 2 aliphatic rings. The second kappa shape index (κ2) is 5.48. The molecule has 0 saturated heterocycles. The quantitative estimate of drug-likeness (QED) is 0.551. The lowest BCUT2D eigenvalue weighted by molar-refractivity contribution is -0.170. The monoisotopic (exact) mass is 324 g/mol. The van der Waals surface area contributed by atoms with Gasteiger partial charge in [0.2, 0.25) is 0 Å². The molecule has 0 unspecified atom stereocenters. The van der Waals surface area contributed by atoms with Gasteiger partial charge in [-0.1, -0.05) is 47.5 Å². The third-order valence-corrected chi connectivity index (χ3v) is 10.6. The maximum absolute atomic E-state index is 11.7. The van der Waals surface area contributed by atoms with Crippen LogP contribution in [0.1, 0.15) is 60.3 Å². The molecule has 1 fully saturated rings. The predicted octanol–water partition coefficient (Wildman–Crippen LogP) is 4.83. The minimum atomic E-state index is -1.97. The number of hydrogen-bond acceptors (Lipinski definition) is 3. The Morgan fingerprint density at radius 3 is 2.27 bits per heavy atom. The van der Waals surface area contributed by atoms with Gasteiger partial charge in [-0.05, 0) is 42.5 Å². The molecule has 3 nitrogen and oxygen atoms in total. The zero-order chi connectivity index (χ0) is 16.8. The lowest BCUT2D eigenvalue weighted by Gasteiger charge is -2.56. The molecule has 1 saturated carbocycles. The lowest BCUT2D eigenvalue weighted by atomic mass is 9.63. The van der Waals surface area contributed by atoms with Crippen LogP contribution < -0.4 is 0 Å².